The van der Waals surface area contributed by atoms with E-state index >= 15 is 0 Å². The molecule has 2 heteroatoms. The largest absolute Gasteiger partial charge is 0.491 e. The van der Waals surface area contributed by atoms with Gasteiger partial charge >= 0.3 is 0 Å². The Balaban J connectivity index is 1.78. The molecule has 1 saturated heterocycles. The summed E-state index contributed by atoms with van der Waals surface area (Å²) in [5, 5.41) is 0. The van der Waals surface area contributed by atoms with E-state index in [1.54, 1.807) is 0 Å². The van der Waals surface area contributed by atoms with Gasteiger partial charge in [0.05, 0.1) is 6.10 Å². The van der Waals surface area contributed by atoms with Crippen molar-refractivity contribution in [3.63, 3.8) is 0 Å². The molecule has 1 heterocycles. The smallest absolute Gasteiger partial charge is 0.119 e. The quantitative estimate of drug-likeness (QED) is 0.728. The van der Waals surface area contributed by atoms with Crippen molar-refractivity contribution in [3.05, 3.63) is 29.8 Å². The molecule has 1 atom stereocenters. The van der Waals surface area contributed by atoms with E-state index in [1.807, 2.05) is 0 Å². The van der Waals surface area contributed by atoms with Crippen molar-refractivity contribution >= 4 is 0 Å². The number of ether oxygens (including phenoxy) is 1. The van der Waals surface area contributed by atoms with Crippen molar-refractivity contribution in [1.29, 1.82) is 0 Å². The summed E-state index contributed by atoms with van der Waals surface area (Å²) in [4.78, 5) is 2.71. The average molecular weight is 301 g/mol. The molecule has 1 saturated carbocycles. The lowest BCUT2D eigenvalue weighted by Crippen LogP contribution is -2.32. The van der Waals surface area contributed by atoms with Crippen LogP contribution in [0.2, 0.25) is 0 Å². The van der Waals surface area contributed by atoms with Crippen molar-refractivity contribution in [2.45, 2.75) is 64.4 Å². The van der Waals surface area contributed by atoms with E-state index in [1.165, 1.54) is 57.3 Å². The van der Waals surface area contributed by atoms with Gasteiger partial charge in [-0.2, -0.15) is 0 Å². The van der Waals surface area contributed by atoms with Crippen LogP contribution in [0.25, 0.3) is 0 Å². The van der Waals surface area contributed by atoms with E-state index in [0.717, 1.165) is 11.7 Å². The Kier molecular flexibility index (Phi) is 4.77. The Morgan fingerprint density at radius 3 is 2.82 bits per heavy atom. The summed E-state index contributed by atoms with van der Waals surface area (Å²) >= 11 is 0. The van der Waals surface area contributed by atoms with Gasteiger partial charge in [0.15, 0.2) is 0 Å². The van der Waals surface area contributed by atoms with E-state index in [9.17, 15) is 0 Å². The fraction of sp³-hybridized carbons (Fsp3) is 0.700. The summed E-state index contributed by atoms with van der Waals surface area (Å²) in [5.74, 6) is 2.02. The molecule has 1 aliphatic carbocycles. The average Bonchev–Trinajstić information content (AvgIpc) is 3.19. The molecule has 22 heavy (non-hydrogen) atoms. The van der Waals surface area contributed by atoms with Crippen LogP contribution >= 0.6 is 0 Å². The Hall–Kier alpha value is -1.02. The van der Waals surface area contributed by atoms with Crippen LogP contribution in [0.5, 0.6) is 5.75 Å². The lowest BCUT2D eigenvalue weighted by molar-refractivity contribution is 0.241. The highest BCUT2D eigenvalue weighted by molar-refractivity contribution is 5.35. The zero-order valence-corrected chi connectivity index (χ0v) is 14.5. The fourth-order valence-corrected chi connectivity index (χ4v) is 4.01. The summed E-state index contributed by atoms with van der Waals surface area (Å²) in [6.07, 6.45) is 7.00. The minimum atomic E-state index is 0.243. The van der Waals surface area contributed by atoms with Gasteiger partial charge in [-0.25, -0.2) is 0 Å². The van der Waals surface area contributed by atoms with E-state index in [0.29, 0.717) is 5.41 Å². The minimum absolute atomic E-state index is 0.243. The second-order valence-electron chi connectivity index (χ2n) is 7.65. The first-order chi connectivity index (χ1) is 10.6. The molecule has 1 aromatic rings. The van der Waals surface area contributed by atoms with Crippen LogP contribution in [0.3, 0.4) is 0 Å². The highest BCUT2D eigenvalue weighted by atomic mass is 16.5. The van der Waals surface area contributed by atoms with Gasteiger partial charge in [-0.3, -0.25) is 0 Å². The molecule has 0 radical (unpaired) electrons. The molecular weight excluding hydrogens is 270 g/mol. The van der Waals surface area contributed by atoms with Crippen LogP contribution in [0.1, 0.15) is 58.4 Å². The third-order valence-electron chi connectivity index (χ3n) is 5.19. The third-order valence-corrected chi connectivity index (χ3v) is 5.19. The summed E-state index contributed by atoms with van der Waals surface area (Å²) in [7, 11) is 0. The third kappa shape index (κ3) is 3.65. The number of benzene rings is 1. The van der Waals surface area contributed by atoms with Crippen LogP contribution in [0.4, 0.5) is 0 Å². The molecule has 1 aliphatic heterocycles. The molecule has 2 nitrogen and oxygen atoms in total. The van der Waals surface area contributed by atoms with E-state index in [-0.39, 0.29) is 6.10 Å². The molecule has 0 aromatic heterocycles. The van der Waals surface area contributed by atoms with Crippen LogP contribution in [-0.2, 0) is 5.41 Å². The minimum Gasteiger partial charge on any atom is -0.491 e. The normalized spacial score (nSPS) is 25.8. The Morgan fingerprint density at radius 1 is 1.32 bits per heavy atom. The van der Waals surface area contributed by atoms with Gasteiger partial charge in [-0.15, -0.1) is 0 Å². The Bertz CT molecular complexity index is 494. The maximum absolute atomic E-state index is 5.93. The maximum Gasteiger partial charge on any atom is 0.119 e. The van der Waals surface area contributed by atoms with Crippen molar-refractivity contribution in [1.82, 2.24) is 4.90 Å². The molecule has 1 aromatic carbocycles. The van der Waals surface area contributed by atoms with Crippen LogP contribution in [-0.4, -0.2) is 30.6 Å². The van der Waals surface area contributed by atoms with Crippen LogP contribution in [0, 0.1) is 5.92 Å². The SMILES string of the molecule is CCCC1(c2cccc(OC(C)C)c2)CCN(CC2CC2)C1. The van der Waals surface area contributed by atoms with Crippen molar-refractivity contribution in [3.8, 4) is 5.75 Å². The first-order valence-electron chi connectivity index (χ1n) is 9.11. The van der Waals surface area contributed by atoms with Gasteiger partial charge < -0.3 is 9.64 Å². The maximum atomic E-state index is 5.93. The fourth-order valence-electron chi connectivity index (χ4n) is 4.01. The molecule has 0 bridgehead atoms. The van der Waals surface area contributed by atoms with Gasteiger partial charge in [0.1, 0.15) is 5.75 Å². The molecule has 0 amide bonds. The van der Waals surface area contributed by atoms with Gasteiger partial charge in [-0.1, -0.05) is 25.5 Å². The summed E-state index contributed by atoms with van der Waals surface area (Å²) in [6, 6.07) is 8.90. The number of rotatable bonds is 7. The second-order valence-corrected chi connectivity index (χ2v) is 7.65. The van der Waals surface area contributed by atoms with E-state index < -0.39 is 0 Å². The first kappa shape index (κ1) is 15.9. The first-order valence-corrected chi connectivity index (χ1v) is 9.11. The van der Waals surface area contributed by atoms with Crippen LogP contribution in [0.15, 0.2) is 24.3 Å². The highest BCUT2D eigenvalue weighted by Crippen LogP contribution is 2.41. The van der Waals surface area contributed by atoms with Crippen molar-refractivity contribution < 1.29 is 4.74 Å². The van der Waals surface area contributed by atoms with Gasteiger partial charge in [0.25, 0.3) is 0 Å². The summed E-state index contributed by atoms with van der Waals surface area (Å²) < 4.78 is 5.93. The molecule has 122 valence electrons. The van der Waals surface area contributed by atoms with Gasteiger partial charge in [0.2, 0.25) is 0 Å². The van der Waals surface area contributed by atoms with Gasteiger partial charge in [-0.05, 0) is 69.7 Å². The molecule has 1 unspecified atom stereocenters. The summed E-state index contributed by atoms with van der Waals surface area (Å²) in [6.45, 7) is 10.4. The van der Waals surface area contributed by atoms with Crippen molar-refractivity contribution in [2.24, 2.45) is 5.92 Å². The van der Waals surface area contributed by atoms with Gasteiger partial charge in [0, 0.05) is 18.5 Å². The number of hydrogen-bond donors (Lipinski definition) is 0. The Labute approximate surface area is 135 Å². The molecule has 0 spiro atoms. The lowest BCUT2D eigenvalue weighted by Gasteiger charge is -2.30. The zero-order chi connectivity index (χ0) is 15.6. The second kappa shape index (κ2) is 6.62. The number of nitrogens with zero attached hydrogens (tertiary/aromatic N) is 1. The van der Waals surface area contributed by atoms with Crippen LogP contribution < -0.4 is 4.74 Å². The molecule has 3 rings (SSSR count). The Morgan fingerprint density at radius 2 is 2.14 bits per heavy atom. The number of likely N-dealkylation sites (tertiary alicyclic amines) is 1. The predicted molar refractivity (Wildman–Crippen MR) is 92.6 cm³/mol. The standard InChI is InChI=1S/C20H31NO/c1-4-10-20(11-12-21(15-20)14-17-8-9-17)18-6-5-7-19(13-18)22-16(2)3/h5-7,13,16-17H,4,8-12,14-15H2,1-3H3. The zero-order valence-electron chi connectivity index (χ0n) is 14.5. The highest BCUT2D eigenvalue weighted by Gasteiger charge is 2.40. The topological polar surface area (TPSA) is 12.5 Å². The van der Waals surface area contributed by atoms with Crippen molar-refractivity contribution in [2.75, 3.05) is 19.6 Å². The molecule has 2 aliphatic rings. The number of hydrogen-bond acceptors (Lipinski definition) is 2. The summed E-state index contributed by atoms with van der Waals surface area (Å²) in [5.41, 5.74) is 1.84. The molecular formula is C20H31NO. The van der Waals surface area contributed by atoms with E-state index in [4.69, 9.17) is 4.74 Å². The molecule has 2 fully saturated rings. The monoisotopic (exact) mass is 301 g/mol. The van der Waals surface area contributed by atoms with E-state index in [2.05, 4.69) is 49.9 Å². The predicted octanol–water partition coefficient (Wildman–Crippen LogP) is 4.63. The lowest BCUT2D eigenvalue weighted by atomic mass is 9.76. The molecule has 0 N–H and O–H groups in total.